The van der Waals surface area contributed by atoms with Gasteiger partial charge in [0, 0.05) is 18.3 Å². The van der Waals surface area contributed by atoms with Gasteiger partial charge in [0.15, 0.2) is 0 Å². The van der Waals surface area contributed by atoms with Crippen molar-refractivity contribution < 1.29 is 9.50 Å². The van der Waals surface area contributed by atoms with Crippen LogP contribution in [0.2, 0.25) is 0 Å². The van der Waals surface area contributed by atoms with Crippen LogP contribution in [0.25, 0.3) is 0 Å². The zero-order valence-electron chi connectivity index (χ0n) is 8.37. The number of aliphatic hydroxyl groups excluding tert-OH is 1. The van der Waals surface area contributed by atoms with Gasteiger partial charge in [-0.2, -0.15) is 0 Å². The molecule has 0 spiro atoms. The molecule has 0 saturated heterocycles. The van der Waals surface area contributed by atoms with Crippen molar-refractivity contribution in [3.63, 3.8) is 0 Å². The average Bonchev–Trinajstić information content (AvgIpc) is 2.17. The van der Waals surface area contributed by atoms with Crippen LogP contribution in [-0.4, -0.2) is 22.7 Å². The summed E-state index contributed by atoms with van der Waals surface area (Å²) in [6.45, 7) is 3.83. The van der Waals surface area contributed by atoms with E-state index in [1.807, 2.05) is 13.8 Å². The maximum atomic E-state index is 12.8. The van der Waals surface area contributed by atoms with E-state index in [1.54, 1.807) is 6.20 Å². The second-order valence-corrected chi connectivity index (χ2v) is 3.41. The number of rotatable bonds is 4. The summed E-state index contributed by atoms with van der Waals surface area (Å²) in [5.41, 5.74) is 0.783. The summed E-state index contributed by atoms with van der Waals surface area (Å²) in [7, 11) is 0. The Hall–Kier alpha value is -1.00. The third-order valence-electron chi connectivity index (χ3n) is 2.03. The van der Waals surface area contributed by atoms with Crippen LogP contribution in [0.4, 0.5) is 4.39 Å². The molecule has 1 aromatic heterocycles. The molecule has 0 fully saturated rings. The Balaban J connectivity index is 2.64. The van der Waals surface area contributed by atoms with E-state index in [0.29, 0.717) is 0 Å². The van der Waals surface area contributed by atoms with Gasteiger partial charge >= 0.3 is 0 Å². The fraction of sp³-hybridized carbons (Fsp3) is 0.500. The van der Waals surface area contributed by atoms with Gasteiger partial charge in [-0.3, -0.25) is 4.98 Å². The number of aromatic nitrogens is 1. The molecule has 4 heteroatoms. The van der Waals surface area contributed by atoms with Crippen LogP contribution >= 0.6 is 0 Å². The van der Waals surface area contributed by atoms with Crippen molar-refractivity contribution in [2.45, 2.75) is 25.9 Å². The minimum atomic E-state index is -0.340. The first kappa shape index (κ1) is 11.1. The van der Waals surface area contributed by atoms with Gasteiger partial charge in [-0.15, -0.1) is 0 Å². The Bertz CT molecular complexity index is 293. The molecule has 78 valence electrons. The van der Waals surface area contributed by atoms with Crippen LogP contribution in [0.1, 0.15) is 25.5 Å². The van der Waals surface area contributed by atoms with Gasteiger partial charge in [0.1, 0.15) is 5.82 Å². The molecule has 0 amide bonds. The molecule has 1 rings (SSSR count). The maximum absolute atomic E-state index is 12.8. The van der Waals surface area contributed by atoms with Crippen LogP contribution < -0.4 is 5.32 Å². The molecule has 14 heavy (non-hydrogen) atoms. The molecule has 2 N–H and O–H groups in total. The smallest absolute Gasteiger partial charge is 0.141 e. The Kier molecular flexibility index (Phi) is 3.98. The van der Waals surface area contributed by atoms with Gasteiger partial charge in [0.05, 0.1) is 12.8 Å². The first-order chi connectivity index (χ1) is 6.63. The summed E-state index contributed by atoms with van der Waals surface area (Å²) in [6.07, 6.45) is 2.79. The summed E-state index contributed by atoms with van der Waals surface area (Å²) < 4.78 is 12.8. The molecule has 0 aromatic carbocycles. The van der Waals surface area contributed by atoms with E-state index in [4.69, 9.17) is 5.11 Å². The highest BCUT2D eigenvalue weighted by Crippen LogP contribution is 2.12. The standard InChI is InChI=1S/C10H15FN2O/c1-7(6-14)13-8(2)9-3-10(11)5-12-4-9/h3-5,7-8,13-14H,6H2,1-2H3/t7-,8?/m0/s1. The lowest BCUT2D eigenvalue weighted by atomic mass is 10.1. The molecule has 0 aliphatic carbocycles. The third-order valence-corrected chi connectivity index (χ3v) is 2.03. The second-order valence-electron chi connectivity index (χ2n) is 3.41. The molecule has 0 aliphatic rings. The zero-order valence-corrected chi connectivity index (χ0v) is 8.37. The van der Waals surface area contributed by atoms with E-state index in [9.17, 15) is 4.39 Å². The first-order valence-electron chi connectivity index (χ1n) is 4.61. The van der Waals surface area contributed by atoms with Crippen LogP contribution in [-0.2, 0) is 0 Å². The number of nitrogens with one attached hydrogen (secondary N) is 1. The van der Waals surface area contributed by atoms with E-state index in [-0.39, 0.29) is 24.5 Å². The van der Waals surface area contributed by atoms with Crippen molar-refractivity contribution in [3.8, 4) is 0 Å². The monoisotopic (exact) mass is 198 g/mol. The summed E-state index contributed by atoms with van der Waals surface area (Å²) >= 11 is 0. The highest BCUT2D eigenvalue weighted by atomic mass is 19.1. The molecular weight excluding hydrogens is 183 g/mol. The van der Waals surface area contributed by atoms with Gasteiger partial charge in [0.25, 0.3) is 0 Å². The van der Waals surface area contributed by atoms with E-state index >= 15 is 0 Å². The molecule has 3 nitrogen and oxygen atoms in total. The normalized spacial score (nSPS) is 15.1. The molecule has 0 radical (unpaired) electrons. The van der Waals surface area contributed by atoms with Crippen LogP contribution in [0.15, 0.2) is 18.5 Å². The first-order valence-corrected chi connectivity index (χ1v) is 4.61. The third kappa shape index (κ3) is 3.05. The predicted molar refractivity (Wildman–Crippen MR) is 52.3 cm³/mol. The zero-order chi connectivity index (χ0) is 10.6. The molecule has 0 aliphatic heterocycles. The molecule has 0 bridgehead atoms. The Morgan fingerprint density at radius 2 is 2.21 bits per heavy atom. The van der Waals surface area contributed by atoms with Crippen molar-refractivity contribution in [3.05, 3.63) is 29.8 Å². The lowest BCUT2D eigenvalue weighted by molar-refractivity contribution is 0.243. The van der Waals surface area contributed by atoms with Crippen molar-refractivity contribution >= 4 is 0 Å². The number of hydrogen-bond acceptors (Lipinski definition) is 3. The van der Waals surface area contributed by atoms with E-state index in [1.165, 1.54) is 12.3 Å². The quantitative estimate of drug-likeness (QED) is 0.765. The van der Waals surface area contributed by atoms with E-state index in [0.717, 1.165) is 5.56 Å². The highest BCUT2D eigenvalue weighted by Gasteiger charge is 2.09. The highest BCUT2D eigenvalue weighted by molar-refractivity contribution is 5.14. The van der Waals surface area contributed by atoms with Crippen molar-refractivity contribution in [2.75, 3.05) is 6.61 Å². The SMILES string of the molecule is CC(N[C@@H](C)CO)c1cncc(F)c1. The summed E-state index contributed by atoms with van der Waals surface area (Å²) in [5, 5.41) is 11.9. The maximum Gasteiger partial charge on any atom is 0.141 e. The minimum Gasteiger partial charge on any atom is -0.395 e. The fourth-order valence-electron chi connectivity index (χ4n) is 1.24. The lowest BCUT2D eigenvalue weighted by Crippen LogP contribution is -2.31. The van der Waals surface area contributed by atoms with Crippen molar-refractivity contribution in [1.29, 1.82) is 0 Å². The number of hydrogen-bond donors (Lipinski definition) is 2. The van der Waals surface area contributed by atoms with Gasteiger partial charge in [-0.1, -0.05) is 0 Å². The van der Waals surface area contributed by atoms with Gasteiger partial charge < -0.3 is 10.4 Å². The van der Waals surface area contributed by atoms with Crippen LogP contribution in [0, 0.1) is 5.82 Å². The molecular formula is C10H15FN2O. The summed E-state index contributed by atoms with van der Waals surface area (Å²) in [6, 6.07) is 1.42. The topological polar surface area (TPSA) is 45.1 Å². The molecule has 1 heterocycles. The van der Waals surface area contributed by atoms with E-state index in [2.05, 4.69) is 10.3 Å². The Labute approximate surface area is 83.0 Å². The van der Waals surface area contributed by atoms with Gasteiger partial charge in [-0.05, 0) is 25.5 Å². The Morgan fingerprint density at radius 3 is 2.79 bits per heavy atom. The predicted octanol–water partition coefficient (Wildman–Crippen LogP) is 1.25. The average molecular weight is 198 g/mol. The number of halogens is 1. The van der Waals surface area contributed by atoms with E-state index < -0.39 is 0 Å². The lowest BCUT2D eigenvalue weighted by Gasteiger charge is -2.18. The Morgan fingerprint density at radius 1 is 1.50 bits per heavy atom. The summed E-state index contributed by atoms with van der Waals surface area (Å²) in [5.74, 6) is -0.340. The minimum absolute atomic E-state index is 0.00623. The molecule has 1 aromatic rings. The van der Waals surface area contributed by atoms with Crippen LogP contribution in [0.5, 0.6) is 0 Å². The van der Waals surface area contributed by atoms with Crippen molar-refractivity contribution in [2.24, 2.45) is 0 Å². The van der Waals surface area contributed by atoms with Gasteiger partial charge in [0.2, 0.25) is 0 Å². The molecule has 0 saturated carbocycles. The number of pyridine rings is 1. The molecule has 2 atom stereocenters. The van der Waals surface area contributed by atoms with Crippen LogP contribution in [0.3, 0.4) is 0 Å². The number of aliphatic hydroxyl groups is 1. The van der Waals surface area contributed by atoms with Gasteiger partial charge in [-0.25, -0.2) is 4.39 Å². The second kappa shape index (κ2) is 5.02. The largest absolute Gasteiger partial charge is 0.395 e. The van der Waals surface area contributed by atoms with Crippen molar-refractivity contribution in [1.82, 2.24) is 10.3 Å². The number of nitrogens with zero attached hydrogens (tertiary/aromatic N) is 1. The fourth-order valence-corrected chi connectivity index (χ4v) is 1.24. The summed E-state index contributed by atoms with van der Waals surface area (Å²) in [4.78, 5) is 3.76. The molecule has 1 unspecified atom stereocenters.